The highest BCUT2D eigenvalue weighted by Crippen LogP contribution is 2.50. The molecule has 4 heterocycles. The van der Waals surface area contributed by atoms with Gasteiger partial charge in [0.1, 0.15) is 11.4 Å². The fraction of sp³-hybridized carbons (Fsp3) is 0.585. The minimum absolute atomic E-state index is 0.0164. The minimum Gasteiger partial charge on any atom is -0.490 e. The molecule has 0 radical (unpaired) electrons. The molecule has 1 unspecified atom stereocenters. The Morgan fingerprint density at radius 3 is 2.62 bits per heavy atom. The molecule has 10 nitrogen and oxygen atoms in total. The molecule has 12 heteroatoms. The predicted octanol–water partition coefficient (Wildman–Crippen LogP) is 5.71. The molecule has 53 heavy (non-hydrogen) atoms. The van der Waals surface area contributed by atoms with Crippen molar-refractivity contribution >= 4 is 44.9 Å². The first-order valence-electron chi connectivity index (χ1n) is 19.1. The van der Waals surface area contributed by atoms with E-state index in [1.807, 2.05) is 32.2 Å². The number of aryl methyl sites for hydroxylation is 1. The van der Waals surface area contributed by atoms with E-state index in [0.717, 1.165) is 61.7 Å². The van der Waals surface area contributed by atoms with Gasteiger partial charge in [0.05, 0.1) is 28.5 Å². The highest BCUT2D eigenvalue weighted by atomic mass is 35.5. The fourth-order valence-corrected chi connectivity index (χ4v) is 11.8. The van der Waals surface area contributed by atoms with Crippen molar-refractivity contribution in [3.63, 3.8) is 0 Å². The monoisotopic (exact) mass is 764 g/mol. The number of nitrogens with zero attached hydrogens (tertiary/aromatic N) is 3. The summed E-state index contributed by atoms with van der Waals surface area (Å²) in [6.45, 7) is 8.59. The molecule has 1 saturated carbocycles. The molecule has 6 aliphatic rings. The molecule has 2 aliphatic carbocycles. The van der Waals surface area contributed by atoms with Gasteiger partial charge in [0.15, 0.2) is 5.60 Å². The minimum atomic E-state index is -2.99. The number of anilines is 1. The first-order chi connectivity index (χ1) is 25.2. The van der Waals surface area contributed by atoms with E-state index < -0.39 is 26.8 Å². The number of fused-ring (bicyclic) bond motifs is 4. The van der Waals surface area contributed by atoms with E-state index in [2.05, 4.69) is 51.6 Å². The lowest BCUT2D eigenvalue weighted by molar-refractivity contribution is -0.136. The number of likely N-dealkylation sites (tertiary alicyclic amines) is 1. The van der Waals surface area contributed by atoms with E-state index >= 15 is 0 Å². The number of likely N-dealkylation sites (N-methyl/N-ethyl adjacent to an activating group) is 1. The van der Waals surface area contributed by atoms with Gasteiger partial charge in [-0.1, -0.05) is 36.7 Å². The molecule has 2 amide bonds. The number of benzene rings is 2. The van der Waals surface area contributed by atoms with Gasteiger partial charge in [-0.05, 0) is 111 Å². The molecule has 7 atom stereocenters. The maximum Gasteiger partial charge on any atom is 0.410 e. The van der Waals surface area contributed by atoms with Crippen LogP contribution >= 0.6 is 11.6 Å². The van der Waals surface area contributed by atoms with Crippen LogP contribution in [0.1, 0.15) is 67.4 Å². The normalized spacial score (nSPS) is 35.9. The van der Waals surface area contributed by atoms with Crippen molar-refractivity contribution in [3.05, 3.63) is 70.3 Å². The van der Waals surface area contributed by atoms with Crippen molar-refractivity contribution in [3.8, 4) is 5.75 Å². The summed E-state index contributed by atoms with van der Waals surface area (Å²) in [5, 5.41) is 0.375. The maximum atomic E-state index is 14.0. The molecule has 0 aromatic heterocycles. The van der Waals surface area contributed by atoms with Crippen LogP contribution in [-0.2, 0) is 31.0 Å². The molecule has 2 saturated heterocycles. The van der Waals surface area contributed by atoms with E-state index in [0.29, 0.717) is 50.7 Å². The molecular weight excluding hydrogens is 712 g/mol. The number of carbonyl (C=O) groups is 2. The van der Waals surface area contributed by atoms with Crippen molar-refractivity contribution in [2.75, 3.05) is 64.9 Å². The van der Waals surface area contributed by atoms with Crippen LogP contribution in [-0.4, -0.2) is 108 Å². The molecule has 286 valence electrons. The summed E-state index contributed by atoms with van der Waals surface area (Å²) in [6, 6.07) is 11.9. The van der Waals surface area contributed by atoms with Gasteiger partial charge in [-0.3, -0.25) is 14.4 Å². The Hall–Kier alpha value is -3.25. The largest absolute Gasteiger partial charge is 0.490 e. The zero-order valence-electron chi connectivity index (χ0n) is 31.4. The SMILES string of the molecule is C=S1(=O)NC(=O)c2ccc3c(c2)N(C[C@@H]2CC[C@H]2[C@@](CN2CC4(C2)CN(C)C(=O)O4)(OC)/C=C/C[C@H](C)[C@H]1C)C[C@@]1(CCCc2cc(Cl)ccc21)CO3. The number of methoxy groups -OCH3 is 1. The lowest BCUT2D eigenvalue weighted by Gasteiger charge is -2.54. The number of allylic oxidation sites excluding steroid dienone is 1. The second-order valence-corrected chi connectivity index (χ2v) is 19.8. The van der Waals surface area contributed by atoms with Gasteiger partial charge in [0, 0.05) is 68.1 Å². The number of nitrogens with one attached hydrogen (secondary N) is 1. The molecule has 2 bridgehead atoms. The Morgan fingerprint density at radius 1 is 1.09 bits per heavy atom. The highest BCUT2D eigenvalue weighted by molar-refractivity contribution is 7.99. The number of rotatable bonds is 3. The number of hydrogen-bond acceptors (Lipinski definition) is 8. The summed E-state index contributed by atoms with van der Waals surface area (Å²) in [5.74, 6) is 4.92. The lowest BCUT2D eigenvalue weighted by atomic mass is 9.63. The highest BCUT2D eigenvalue weighted by Gasteiger charge is 2.56. The topological polar surface area (TPSA) is 101 Å². The molecular formula is C41H53ClN4O6S. The Morgan fingerprint density at radius 2 is 1.91 bits per heavy atom. The summed E-state index contributed by atoms with van der Waals surface area (Å²) < 4.78 is 36.0. The first-order valence-corrected chi connectivity index (χ1v) is 21.3. The van der Waals surface area contributed by atoms with Crippen LogP contribution in [0.3, 0.4) is 0 Å². The molecule has 2 aromatic carbocycles. The third-order valence-corrected chi connectivity index (χ3v) is 15.8. The van der Waals surface area contributed by atoms with Crippen LogP contribution in [0.4, 0.5) is 10.5 Å². The molecule has 2 aromatic rings. The zero-order chi connectivity index (χ0) is 37.3. The number of carbonyl (C=O) groups excluding carboxylic acids is 2. The Kier molecular flexibility index (Phi) is 9.35. The molecule has 4 aliphatic heterocycles. The van der Waals surface area contributed by atoms with Gasteiger partial charge in [0.2, 0.25) is 0 Å². The van der Waals surface area contributed by atoms with Crippen LogP contribution in [0.25, 0.3) is 0 Å². The third-order valence-electron chi connectivity index (χ3n) is 13.4. The van der Waals surface area contributed by atoms with Crippen LogP contribution in [0.5, 0.6) is 5.75 Å². The lowest BCUT2D eigenvalue weighted by Crippen LogP contribution is -2.68. The Balaban J connectivity index is 1.18. The molecule has 1 N–H and O–H groups in total. The number of amides is 2. The van der Waals surface area contributed by atoms with Crippen molar-refractivity contribution in [1.82, 2.24) is 14.5 Å². The average Bonchev–Trinajstić information content (AvgIpc) is 3.31. The zero-order valence-corrected chi connectivity index (χ0v) is 33.0. The fourth-order valence-electron chi connectivity index (χ4n) is 10.1. The van der Waals surface area contributed by atoms with E-state index in [9.17, 15) is 13.8 Å². The van der Waals surface area contributed by atoms with Gasteiger partial charge in [-0.25, -0.2) is 9.00 Å². The van der Waals surface area contributed by atoms with Gasteiger partial charge >= 0.3 is 6.09 Å². The molecule has 3 fully saturated rings. The average molecular weight is 765 g/mol. The standard InChI is InChI=1S/C41H53ClN4O6S/c1-27-8-6-17-41(50-4,25-45-23-40(24-45)22-44(3)38(48)52-40)34-13-10-31(34)20-46-21-39(16-7-9-29-18-32(42)12-14-33(29)39)26-51-36-15-11-30(19-35(36)46)37(47)43-53(5,49)28(27)2/h6,11-12,14-15,17-19,27-28,31,34H,5,7-10,13,16,20-26H2,1-4H3,(H,43,47,49)/b17-6+/t27-,28+,31-,34+,39-,41+,53?/m0/s1. The number of hydrogen-bond donors (Lipinski definition) is 1. The van der Waals surface area contributed by atoms with Crippen LogP contribution in [0.15, 0.2) is 48.6 Å². The van der Waals surface area contributed by atoms with Crippen LogP contribution in [0.2, 0.25) is 5.02 Å². The second-order valence-electron chi connectivity index (χ2n) is 16.9. The summed E-state index contributed by atoms with van der Waals surface area (Å²) >= 11 is 6.50. The van der Waals surface area contributed by atoms with E-state index in [1.54, 1.807) is 18.0 Å². The molecule has 2 spiro atoms. The summed E-state index contributed by atoms with van der Waals surface area (Å²) in [7, 11) is 0.621. The Labute approximate surface area is 319 Å². The molecule has 8 rings (SSSR count). The van der Waals surface area contributed by atoms with Crippen molar-refractivity contribution in [1.29, 1.82) is 0 Å². The number of ether oxygens (including phenoxy) is 3. The van der Waals surface area contributed by atoms with Crippen molar-refractivity contribution < 1.29 is 28.0 Å². The smallest absolute Gasteiger partial charge is 0.410 e. The third kappa shape index (κ3) is 6.53. The van der Waals surface area contributed by atoms with E-state index in [4.69, 9.17) is 25.8 Å². The van der Waals surface area contributed by atoms with Gasteiger partial charge in [-0.2, -0.15) is 0 Å². The van der Waals surface area contributed by atoms with Gasteiger partial charge < -0.3 is 24.0 Å². The summed E-state index contributed by atoms with van der Waals surface area (Å²) in [4.78, 5) is 32.5. The first kappa shape index (κ1) is 36.7. The van der Waals surface area contributed by atoms with Crippen molar-refractivity contribution in [2.45, 2.75) is 74.2 Å². The van der Waals surface area contributed by atoms with Gasteiger partial charge in [-0.15, -0.1) is 0 Å². The van der Waals surface area contributed by atoms with E-state index in [1.165, 1.54) is 11.1 Å². The van der Waals surface area contributed by atoms with Gasteiger partial charge in [0.25, 0.3) is 5.91 Å². The van der Waals surface area contributed by atoms with Crippen LogP contribution in [0, 0.1) is 17.8 Å². The summed E-state index contributed by atoms with van der Waals surface area (Å²) in [5.41, 5.74) is 2.57. The Bertz CT molecular complexity index is 1930. The van der Waals surface area contributed by atoms with Crippen LogP contribution < -0.4 is 14.4 Å². The maximum absolute atomic E-state index is 14.0. The second kappa shape index (κ2) is 13.5. The van der Waals surface area contributed by atoms with Crippen molar-refractivity contribution in [2.24, 2.45) is 17.8 Å². The quantitative estimate of drug-likeness (QED) is 0.314. The number of halogens is 1. The predicted molar refractivity (Wildman–Crippen MR) is 210 cm³/mol. The van der Waals surface area contributed by atoms with E-state index in [-0.39, 0.29) is 28.6 Å². The summed E-state index contributed by atoms with van der Waals surface area (Å²) in [6.07, 6.45) is 9.90.